The van der Waals surface area contributed by atoms with Crippen LogP contribution < -0.4 is 10.1 Å². The van der Waals surface area contributed by atoms with E-state index >= 15 is 0 Å². The largest absolute Gasteiger partial charge is 0.490 e. The molecule has 116 valence electrons. The second kappa shape index (κ2) is 6.43. The number of hydrogen-bond acceptors (Lipinski definition) is 4. The Kier molecular flexibility index (Phi) is 4.83. The quantitative estimate of drug-likeness (QED) is 0.848. The van der Waals surface area contributed by atoms with Crippen molar-refractivity contribution in [3.8, 4) is 5.75 Å². The molecule has 2 rings (SSSR count). The number of rotatable bonds is 5. The lowest BCUT2D eigenvalue weighted by atomic mass is 9.98. The van der Waals surface area contributed by atoms with Gasteiger partial charge in [0.15, 0.2) is 0 Å². The van der Waals surface area contributed by atoms with E-state index in [0.717, 1.165) is 6.42 Å². The number of likely N-dealkylation sites (N-methyl/N-ethyl adjacent to an activating group) is 1. The SMILES string of the molecule is CCOC(=O)C1(NC)CCC(Oc2ccc(F)c(C)c2)C1. The Hall–Kier alpha value is -1.62. The normalized spacial score (nSPS) is 24.9. The molecule has 1 fully saturated rings. The summed E-state index contributed by atoms with van der Waals surface area (Å²) in [6.45, 7) is 3.86. The third kappa shape index (κ3) is 3.35. The van der Waals surface area contributed by atoms with E-state index < -0.39 is 5.54 Å². The van der Waals surface area contributed by atoms with Crippen LogP contribution in [-0.4, -0.2) is 31.3 Å². The summed E-state index contributed by atoms with van der Waals surface area (Å²) in [5.41, 5.74) is -0.119. The van der Waals surface area contributed by atoms with Gasteiger partial charge in [-0.25, -0.2) is 4.39 Å². The Labute approximate surface area is 124 Å². The van der Waals surface area contributed by atoms with Gasteiger partial charge in [0.1, 0.15) is 23.2 Å². The fourth-order valence-electron chi connectivity index (χ4n) is 2.77. The van der Waals surface area contributed by atoms with Gasteiger partial charge in [-0.1, -0.05) is 0 Å². The third-order valence-corrected chi connectivity index (χ3v) is 4.05. The maximum atomic E-state index is 13.3. The molecule has 0 saturated heterocycles. The van der Waals surface area contributed by atoms with Crippen LogP contribution >= 0.6 is 0 Å². The summed E-state index contributed by atoms with van der Waals surface area (Å²) in [7, 11) is 1.77. The molecular formula is C16H22FNO3. The van der Waals surface area contributed by atoms with Gasteiger partial charge in [0.25, 0.3) is 0 Å². The molecular weight excluding hydrogens is 273 g/mol. The second-order valence-electron chi connectivity index (χ2n) is 5.45. The predicted molar refractivity (Wildman–Crippen MR) is 77.8 cm³/mol. The minimum atomic E-state index is -0.671. The van der Waals surface area contributed by atoms with Crippen LogP contribution in [0.15, 0.2) is 18.2 Å². The molecule has 2 atom stereocenters. The highest BCUT2D eigenvalue weighted by Crippen LogP contribution is 2.34. The first kappa shape index (κ1) is 15.8. The number of nitrogens with one attached hydrogen (secondary N) is 1. The lowest BCUT2D eigenvalue weighted by Gasteiger charge is -2.26. The average Bonchev–Trinajstić information content (AvgIpc) is 2.88. The number of esters is 1. The van der Waals surface area contributed by atoms with Crippen molar-refractivity contribution in [2.45, 2.75) is 44.8 Å². The molecule has 0 spiro atoms. The molecule has 1 aliphatic carbocycles. The first-order chi connectivity index (χ1) is 10.0. The smallest absolute Gasteiger partial charge is 0.326 e. The Morgan fingerprint density at radius 3 is 2.90 bits per heavy atom. The first-order valence-corrected chi connectivity index (χ1v) is 7.29. The van der Waals surface area contributed by atoms with Gasteiger partial charge in [0, 0.05) is 6.42 Å². The molecule has 1 aromatic rings. The highest BCUT2D eigenvalue weighted by molar-refractivity contribution is 5.81. The summed E-state index contributed by atoms with van der Waals surface area (Å²) >= 11 is 0. The number of benzene rings is 1. The van der Waals surface area contributed by atoms with Crippen LogP contribution in [0.2, 0.25) is 0 Å². The topological polar surface area (TPSA) is 47.6 Å². The van der Waals surface area contributed by atoms with Crippen LogP contribution in [0.5, 0.6) is 5.75 Å². The Morgan fingerprint density at radius 1 is 1.52 bits per heavy atom. The van der Waals surface area contributed by atoms with Gasteiger partial charge in [0.05, 0.1) is 6.61 Å². The fraction of sp³-hybridized carbons (Fsp3) is 0.562. The molecule has 2 unspecified atom stereocenters. The molecule has 0 aliphatic heterocycles. The summed E-state index contributed by atoms with van der Waals surface area (Å²) in [5.74, 6) is 0.161. The van der Waals surface area contributed by atoms with Gasteiger partial charge >= 0.3 is 5.97 Å². The van der Waals surface area contributed by atoms with Crippen molar-refractivity contribution in [2.24, 2.45) is 0 Å². The number of aryl methyl sites for hydroxylation is 1. The van der Waals surface area contributed by atoms with Gasteiger partial charge in [-0.3, -0.25) is 4.79 Å². The van der Waals surface area contributed by atoms with Crippen molar-refractivity contribution >= 4 is 5.97 Å². The summed E-state index contributed by atoms with van der Waals surface area (Å²) < 4.78 is 24.3. The maximum Gasteiger partial charge on any atom is 0.326 e. The van der Waals surface area contributed by atoms with Crippen molar-refractivity contribution < 1.29 is 18.7 Å². The minimum Gasteiger partial charge on any atom is -0.490 e. The molecule has 1 saturated carbocycles. The monoisotopic (exact) mass is 295 g/mol. The second-order valence-corrected chi connectivity index (χ2v) is 5.45. The van der Waals surface area contributed by atoms with Gasteiger partial charge in [0.2, 0.25) is 0 Å². The lowest BCUT2D eigenvalue weighted by molar-refractivity contribution is -0.151. The zero-order chi connectivity index (χ0) is 15.5. The number of ether oxygens (including phenoxy) is 2. The van der Waals surface area contributed by atoms with E-state index in [1.54, 1.807) is 33.0 Å². The van der Waals surface area contributed by atoms with E-state index in [1.165, 1.54) is 6.07 Å². The van der Waals surface area contributed by atoms with E-state index in [1.807, 2.05) is 0 Å². The van der Waals surface area contributed by atoms with E-state index in [4.69, 9.17) is 9.47 Å². The molecule has 0 radical (unpaired) electrons. The zero-order valence-electron chi connectivity index (χ0n) is 12.7. The molecule has 1 aromatic carbocycles. The molecule has 0 bridgehead atoms. The highest BCUT2D eigenvalue weighted by atomic mass is 19.1. The Bertz CT molecular complexity index is 520. The number of halogens is 1. The van der Waals surface area contributed by atoms with Gasteiger partial charge < -0.3 is 14.8 Å². The van der Waals surface area contributed by atoms with Gasteiger partial charge in [-0.2, -0.15) is 0 Å². The van der Waals surface area contributed by atoms with Crippen molar-refractivity contribution in [1.82, 2.24) is 5.32 Å². The third-order valence-electron chi connectivity index (χ3n) is 4.05. The highest BCUT2D eigenvalue weighted by Gasteiger charge is 2.46. The Morgan fingerprint density at radius 2 is 2.29 bits per heavy atom. The molecule has 0 aromatic heterocycles. The summed E-state index contributed by atoms with van der Waals surface area (Å²) in [4.78, 5) is 12.1. The van der Waals surface area contributed by atoms with E-state index in [9.17, 15) is 9.18 Å². The number of carbonyl (C=O) groups excluding carboxylic acids is 1. The van der Waals surface area contributed by atoms with Crippen LogP contribution in [0.3, 0.4) is 0 Å². The van der Waals surface area contributed by atoms with Crippen molar-refractivity contribution in [3.05, 3.63) is 29.6 Å². The van der Waals surface area contributed by atoms with Crippen LogP contribution in [0.4, 0.5) is 4.39 Å². The van der Waals surface area contributed by atoms with Gasteiger partial charge in [-0.05, 0) is 57.5 Å². The van der Waals surface area contributed by atoms with Crippen LogP contribution in [0, 0.1) is 12.7 Å². The predicted octanol–water partition coefficient (Wildman–Crippen LogP) is 2.59. The molecule has 1 aliphatic rings. The lowest BCUT2D eigenvalue weighted by Crippen LogP contribution is -2.49. The van der Waals surface area contributed by atoms with Crippen LogP contribution in [-0.2, 0) is 9.53 Å². The van der Waals surface area contributed by atoms with Crippen molar-refractivity contribution in [2.75, 3.05) is 13.7 Å². The molecule has 21 heavy (non-hydrogen) atoms. The molecule has 0 amide bonds. The molecule has 1 N–H and O–H groups in total. The molecule has 5 heteroatoms. The van der Waals surface area contributed by atoms with Crippen LogP contribution in [0.1, 0.15) is 31.7 Å². The van der Waals surface area contributed by atoms with Crippen LogP contribution in [0.25, 0.3) is 0 Å². The first-order valence-electron chi connectivity index (χ1n) is 7.29. The van der Waals surface area contributed by atoms with Crippen molar-refractivity contribution in [3.63, 3.8) is 0 Å². The minimum absolute atomic E-state index is 0.0771. The Balaban J connectivity index is 2.04. The fourth-order valence-corrected chi connectivity index (χ4v) is 2.77. The summed E-state index contributed by atoms with van der Waals surface area (Å²) in [6, 6.07) is 4.70. The molecule has 0 heterocycles. The number of hydrogen-bond donors (Lipinski definition) is 1. The average molecular weight is 295 g/mol. The summed E-state index contributed by atoms with van der Waals surface area (Å²) in [5, 5.41) is 3.08. The zero-order valence-corrected chi connectivity index (χ0v) is 12.7. The van der Waals surface area contributed by atoms with E-state index in [2.05, 4.69) is 5.32 Å². The van der Waals surface area contributed by atoms with E-state index in [-0.39, 0.29) is 17.9 Å². The summed E-state index contributed by atoms with van der Waals surface area (Å²) in [6.07, 6.45) is 1.91. The van der Waals surface area contributed by atoms with Crippen molar-refractivity contribution in [1.29, 1.82) is 0 Å². The molecule has 4 nitrogen and oxygen atoms in total. The van der Waals surface area contributed by atoms with E-state index in [0.29, 0.717) is 30.8 Å². The van der Waals surface area contributed by atoms with Gasteiger partial charge in [-0.15, -0.1) is 0 Å². The standard InChI is InChI=1S/C16H22FNO3/c1-4-20-15(19)16(18-3)8-7-13(10-16)21-12-5-6-14(17)11(2)9-12/h5-6,9,13,18H,4,7-8,10H2,1-3H3. The number of carbonyl (C=O) groups is 1. The maximum absolute atomic E-state index is 13.3.